The van der Waals surface area contributed by atoms with E-state index in [4.69, 9.17) is 4.74 Å². The van der Waals surface area contributed by atoms with Crippen molar-refractivity contribution < 1.29 is 14.6 Å². The number of aliphatic hydroxyl groups excluding tert-OH is 1. The van der Waals surface area contributed by atoms with E-state index in [0.29, 0.717) is 23.5 Å². The van der Waals surface area contributed by atoms with Gasteiger partial charge in [0.1, 0.15) is 0 Å². The van der Waals surface area contributed by atoms with Crippen LogP contribution in [0.15, 0.2) is 23.8 Å². The molecular formula is C25H34O3. The van der Waals surface area contributed by atoms with Gasteiger partial charge in [-0.25, -0.2) is 0 Å². The van der Waals surface area contributed by atoms with Crippen molar-refractivity contribution in [2.75, 3.05) is 0 Å². The molecule has 0 saturated heterocycles. The summed E-state index contributed by atoms with van der Waals surface area (Å²) in [6.07, 6.45) is 14.7. The van der Waals surface area contributed by atoms with Gasteiger partial charge in [-0.15, -0.1) is 0 Å². The third kappa shape index (κ3) is 2.01. The Labute approximate surface area is 168 Å². The van der Waals surface area contributed by atoms with E-state index in [1.807, 2.05) is 12.2 Å². The fraction of sp³-hybridized carbons (Fsp3) is 0.800. The molecule has 4 fully saturated rings. The maximum atomic E-state index is 12.1. The number of ketones is 1. The molecule has 6 aliphatic rings. The van der Waals surface area contributed by atoms with Crippen molar-refractivity contribution in [1.82, 2.24) is 0 Å². The maximum absolute atomic E-state index is 12.1. The lowest BCUT2D eigenvalue weighted by Gasteiger charge is -2.60. The fourth-order valence-electron chi connectivity index (χ4n) is 9.27. The minimum absolute atomic E-state index is 0.203. The van der Waals surface area contributed by atoms with E-state index in [0.717, 1.165) is 49.4 Å². The largest absolute Gasteiger partial charge is 0.365 e. The van der Waals surface area contributed by atoms with E-state index in [9.17, 15) is 9.90 Å². The average Bonchev–Trinajstić information content (AvgIpc) is 3.34. The van der Waals surface area contributed by atoms with Gasteiger partial charge in [0, 0.05) is 11.8 Å². The van der Waals surface area contributed by atoms with Crippen LogP contribution in [0.3, 0.4) is 0 Å². The number of carbonyl (C=O) groups excluding carboxylic acids is 1. The normalized spacial score (nSPS) is 56.1. The number of hydrogen-bond acceptors (Lipinski definition) is 3. The van der Waals surface area contributed by atoms with Gasteiger partial charge in [0.2, 0.25) is 0 Å². The van der Waals surface area contributed by atoms with E-state index < -0.39 is 6.29 Å². The van der Waals surface area contributed by atoms with Crippen molar-refractivity contribution in [3.63, 3.8) is 0 Å². The van der Waals surface area contributed by atoms with Crippen molar-refractivity contribution in [1.29, 1.82) is 0 Å². The predicted molar refractivity (Wildman–Crippen MR) is 107 cm³/mol. The van der Waals surface area contributed by atoms with Crippen LogP contribution in [0.25, 0.3) is 0 Å². The molecule has 3 heteroatoms. The number of allylic oxidation sites excluding steroid dienone is 1. The Balaban J connectivity index is 1.43. The van der Waals surface area contributed by atoms with E-state index in [1.165, 1.54) is 31.3 Å². The van der Waals surface area contributed by atoms with E-state index >= 15 is 0 Å². The van der Waals surface area contributed by atoms with Gasteiger partial charge in [-0.3, -0.25) is 4.79 Å². The zero-order chi connectivity index (χ0) is 19.3. The quantitative estimate of drug-likeness (QED) is 0.707. The van der Waals surface area contributed by atoms with Crippen LogP contribution in [0.5, 0.6) is 0 Å². The molecule has 10 atom stereocenters. The molecule has 0 aromatic rings. The van der Waals surface area contributed by atoms with Gasteiger partial charge in [-0.2, -0.15) is 0 Å². The van der Waals surface area contributed by atoms with Gasteiger partial charge >= 0.3 is 0 Å². The highest BCUT2D eigenvalue weighted by Crippen LogP contribution is 2.79. The monoisotopic (exact) mass is 382 g/mol. The van der Waals surface area contributed by atoms with E-state index in [2.05, 4.69) is 19.9 Å². The zero-order valence-corrected chi connectivity index (χ0v) is 17.3. The van der Waals surface area contributed by atoms with Crippen LogP contribution in [0.4, 0.5) is 0 Å². The average molecular weight is 383 g/mol. The lowest BCUT2D eigenvalue weighted by Crippen LogP contribution is -2.57. The highest BCUT2D eigenvalue weighted by atomic mass is 16.6. The van der Waals surface area contributed by atoms with Crippen LogP contribution >= 0.6 is 0 Å². The number of aliphatic hydroxyl groups is 1. The Hall–Kier alpha value is -0.930. The topological polar surface area (TPSA) is 46.5 Å². The predicted octanol–water partition coefficient (Wildman–Crippen LogP) is 4.65. The summed E-state index contributed by atoms with van der Waals surface area (Å²) in [4.78, 5) is 12.1. The summed E-state index contributed by atoms with van der Waals surface area (Å²) < 4.78 is 6.39. The first kappa shape index (κ1) is 17.9. The number of rotatable bonds is 2. The second-order valence-corrected chi connectivity index (χ2v) is 10.7. The van der Waals surface area contributed by atoms with Crippen LogP contribution in [0, 0.1) is 46.8 Å². The Morgan fingerprint density at radius 2 is 2.11 bits per heavy atom. The Morgan fingerprint density at radius 3 is 2.82 bits per heavy atom. The van der Waals surface area contributed by atoms with Gasteiger partial charge in [0.25, 0.3) is 0 Å². The molecule has 4 unspecified atom stereocenters. The molecule has 1 spiro atoms. The molecule has 1 N–H and O–H groups in total. The smallest absolute Gasteiger partial charge is 0.175 e. The lowest BCUT2D eigenvalue weighted by molar-refractivity contribution is -0.205. The Morgan fingerprint density at radius 1 is 1.25 bits per heavy atom. The molecule has 5 aliphatic carbocycles. The van der Waals surface area contributed by atoms with E-state index in [1.54, 1.807) is 0 Å². The van der Waals surface area contributed by atoms with Crippen LogP contribution < -0.4 is 0 Å². The molecule has 1 aliphatic heterocycles. The minimum atomic E-state index is -0.714. The molecule has 1 heterocycles. The highest BCUT2D eigenvalue weighted by Gasteiger charge is 2.78. The van der Waals surface area contributed by atoms with Crippen molar-refractivity contribution in [3.05, 3.63) is 23.8 Å². The molecule has 0 radical (unpaired) electrons. The summed E-state index contributed by atoms with van der Waals surface area (Å²) in [6.45, 7) is 4.73. The number of hydrogen-bond donors (Lipinski definition) is 1. The molecule has 0 aromatic carbocycles. The summed E-state index contributed by atoms with van der Waals surface area (Å²) in [6, 6.07) is 0. The van der Waals surface area contributed by atoms with E-state index in [-0.39, 0.29) is 11.0 Å². The maximum Gasteiger partial charge on any atom is 0.175 e. The molecule has 0 amide bonds. The third-order valence-electron chi connectivity index (χ3n) is 10.2. The second kappa shape index (κ2) is 5.82. The summed E-state index contributed by atoms with van der Waals surface area (Å²) in [7, 11) is 0. The lowest BCUT2D eigenvalue weighted by atomic mass is 9.45. The fourth-order valence-corrected chi connectivity index (χ4v) is 9.27. The highest BCUT2D eigenvalue weighted by molar-refractivity contribution is 5.91. The van der Waals surface area contributed by atoms with Crippen molar-refractivity contribution in [2.45, 2.75) is 77.1 Å². The first-order chi connectivity index (χ1) is 13.5. The Kier molecular flexibility index (Phi) is 3.72. The van der Waals surface area contributed by atoms with Gasteiger partial charge in [-0.1, -0.05) is 31.9 Å². The van der Waals surface area contributed by atoms with Crippen LogP contribution in [0.2, 0.25) is 0 Å². The standard InChI is InChI=1S/C25H34O3/c1-3-14-11-15-12-16(26)5-6-17(15)18-7-9-24(4-2)23(22(14)18)19-13-20(19)25(24)10-8-21(27)28-25/h8,10,12,14,17-23,27H,3-7,9,11,13H2,1-2H3/t14-,17+,18?,19+,20-,21?,22?,23?,24+,25+/m1/s1. The number of carbonyl (C=O) groups is 1. The van der Waals surface area contributed by atoms with Gasteiger partial charge in [0.15, 0.2) is 12.1 Å². The molecular weight excluding hydrogens is 348 g/mol. The first-order valence-electron chi connectivity index (χ1n) is 11.8. The second-order valence-electron chi connectivity index (χ2n) is 10.7. The third-order valence-corrected chi connectivity index (χ3v) is 10.2. The SMILES string of the molecule is CC[C@@H]1CC2=CC(=O)CC[C@@H]2C2CC[C@@]3(CC)C(C21)[C@H]1C[C@H]1[C@@]31C=CC(O)O1. The zero-order valence-electron chi connectivity index (χ0n) is 17.3. The molecule has 6 rings (SSSR count). The summed E-state index contributed by atoms with van der Waals surface area (Å²) in [5, 5.41) is 10.3. The molecule has 28 heavy (non-hydrogen) atoms. The summed E-state index contributed by atoms with van der Waals surface area (Å²) in [5.41, 5.74) is 1.48. The summed E-state index contributed by atoms with van der Waals surface area (Å²) >= 11 is 0. The molecule has 3 nitrogen and oxygen atoms in total. The molecule has 0 aromatic heterocycles. The van der Waals surface area contributed by atoms with Crippen LogP contribution in [-0.2, 0) is 9.53 Å². The first-order valence-corrected chi connectivity index (χ1v) is 11.8. The molecule has 4 saturated carbocycles. The van der Waals surface area contributed by atoms with Crippen molar-refractivity contribution in [3.8, 4) is 0 Å². The molecule has 152 valence electrons. The van der Waals surface area contributed by atoms with Gasteiger partial charge in [0.05, 0.1) is 5.60 Å². The van der Waals surface area contributed by atoms with Gasteiger partial charge in [-0.05, 0) is 92.1 Å². The molecule has 0 bridgehead atoms. The van der Waals surface area contributed by atoms with Gasteiger partial charge < -0.3 is 9.84 Å². The minimum Gasteiger partial charge on any atom is -0.365 e. The number of ether oxygens (including phenoxy) is 1. The Bertz CT molecular complexity index is 768. The summed E-state index contributed by atoms with van der Waals surface area (Å²) in [5.74, 6) is 5.40. The van der Waals surface area contributed by atoms with Crippen LogP contribution in [-0.4, -0.2) is 22.8 Å². The van der Waals surface area contributed by atoms with Crippen molar-refractivity contribution >= 4 is 5.78 Å². The van der Waals surface area contributed by atoms with Crippen LogP contribution in [0.1, 0.15) is 65.2 Å². The van der Waals surface area contributed by atoms with Crippen molar-refractivity contribution in [2.24, 2.45) is 46.8 Å². The number of fused-ring (bicyclic) bond motifs is 9.